The molecular formula is C14H14N4OS. The van der Waals surface area contributed by atoms with Gasteiger partial charge in [0, 0.05) is 4.90 Å². The van der Waals surface area contributed by atoms with Crippen molar-refractivity contribution in [2.75, 3.05) is 19.1 Å². The molecule has 102 valence electrons. The van der Waals surface area contributed by atoms with E-state index in [0.29, 0.717) is 5.69 Å². The van der Waals surface area contributed by atoms with Gasteiger partial charge in [0.1, 0.15) is 17.1 Å². The predicted molar refractivity (Wildman–Crippen MR) is 82.1 cm³/mol. The number of nitrogens with zero attached hydrogens (tertiary/aromatic N) is 2. The average Bonchev–Trinajstić information content (AvgIpc) is 2.92. The summed E-state index contributed by atoms with van der Waals surface area (Å²) in [5, 5.41) is 0. The number of ether oxygens (including phenoxy) is 1. The Hall–Kier alpha value is -2.21. The molecule has 6 heteroatoms. The molecule has 2 heterocycles. The second kappa shape index (κ2) is 5.05. The molecule has 0 bridgehead atoms. The molecule has 3 rings (SSSR count). The SMILES string of the molecule is COc1cc(SC)ccc1-c1nc2c(N)cncc2[nH]1. The average molecular weight is 286 g/mol. The van der Waals surface area contributed by atoms with Crippen LogP contribution < -0.4 is 10.5 Å². The van der Waals surface area contributed by atoms with Crippen LogP contribution in [0.5, 0.6) is 5.75 Å². The van der Waals surface area contributed by atoms with Crippen LogP contribution in [0, 0.1) is 0 Å². The fraction of sp³-hybridized carbons (Fsp3) is 0.143. The van der Waals surface area contributed by atoms with Crippen LogP contribution >= 0.6 is 11.8 Å². The van der Waals surface area contributed by atoms with Crippen molar-refractivity contribution in [3.63, 3.8) is 0 Å². The summed E-state index contributed by atoms with van der Waals surface area (Å²) in [5.41, 5.74) is 8.89. The van der Waals surface area contributed by atoms with Crippen LogP contribution in [-0.4, -0.2) is 28.3 Å². The van der Waals surface area contributed by atoms with E-state index in [1.54, 1.807) is 31.3 Å². The lowest BCUT2D eigenvalue weighted by Crippen LogP contribution is -1.90. The van der Waals surface area contributed by atoms with Crippen molar-refractivity contribution >= 4 is 28.5 Å². The molecule has 0 unspecified atom stereocenters. The molecule has 20 heavy (non-hydrogen) atoms. The summed E-state index contributed by atoms with van der Waals surface area (Å²) >= 11 is 1.67. The monoisotopic (exact) mass is 286 g/mol. The lowest BCUT2D eigenvalue weighted by molar-refractivity contribution is 0.415. The van der Waals surface area contributed by atoms with Crippen molar-refractivity contribution in [3.8, 4) is 17.1 Å². The molecule has 0 amide bonds. The van der Waals surface area contributed by atoms with Gasteiger partial charge < -0.3 is 15.5 Å². The van der Waals surface area contributed by atoms with Crippen molar-refractivity contribution in [1.29, 1.82) is 0 Å². The first-order chi connectivity index (χ1) is 9.72. The lowest BCUT2D eigenvalue weighted by Gasteiger charge is -2.07. The van der Waals surface area contributed by atoms with Crippen molar-refractivity contribution < 1.29 is 4.74 Å². The van der Waals surface area contributed by atoms with Crippen molar-refractivity contribution in [2.24, 2.45) is 0 Å². The number of nitrogen functional groups attached to an aromatic ring is 1. The second-order valence-corrected chi connectivity index (χ2v) is 5.16. The van der Waals surface area contributed by atoms with E-state index in [2.05, 4.69) is 15.0 Å². The number of H-pyrrole nitrogens is 1. The van der Waals surface area contributed by atoms with Gasteiger partial charge in [-0.05, 0) is 24.5 Å². The fourth-order valence-corrected chi connectivity index (χ4v) is 2.50. The number of methoxy groups -OCH3 is 1. The third-order valence-corrected chi connectivity index (χ3v) is 3.81. The topological polar surface area (TPSA) is 76.8 Å². The zero-order valence-electron chi connectivity index (χ0n) is 11.2. The minimum Gasteiger partial charge on any atom is -0.496 e. The number of aromatic amines is 1. The Bertz CT molecular complexity index is 769. The molecule has 1 aromatic carbocycles. The number of benzene rings is 1. The van der Waals surface area contributed by atoms with Crippen LogP contribution in [0.25, 0.3) is 22.4 Å². The zero-order chi connectivity index (χ0) is 14.1. The van der Waals surface area contributed by atoms with E-state index in [9.17, 15) is 0 Å². The minimum absolute atomic E-state index is 0.560. The van der Waals surface area contributed by atoms with E-state index >= 15 is 0 Å². The Morgan fingerprint density at radius 2 is 2.15 bits per heavy atom. The standard InChI is InChI=1S/C14H14N4OS/c1-19-12-5-8(20-2)3-4-9(12)14-17-11-7-16-6-10(15)13(11)18-14/h3-7H,15H2,1-2H3,(H,17,18). The second-order valence-electron chi connectivity index (χ2n) is 4.28. The Kier molecular flexibility index (Phi) is 3.23. The zero-order valence-corrected chi connectivity index (χ0v) is 12.0. The van der Waals surface area contributed by atoms with E-state index in [-0.39, 0.29) is 0 Å². The maximum Gasteiger partial charge on any atom is 0.142 e. The van der Waals surface area contributed by atoms with Crippen molar-refractivity contribution in [3.05, 3.63) is 30.6 Å². The van der Waals surface area contributed by atoms with E-state index in [4.69, 9.17) is 10.5 Å². The van der Waals surface area contributed by atoms with Gasteiger partial charge in [-0.2, -0.15) is 0 Å². The Labute approximate surface area is 120 Å². The predicted octanol–water partition coefficient (Wildman–Crippen LogP) is 2.94. The summed E-state index contributed by atoms with van der Waals surface area (Å²) in [5.74, 6) is 1.51. The number of hydrogen-bond acceptors (Lipinski definition) is 5. The number of imidazole rings is 1. The maximum atomic E-state index is 5.88. The molecular weight excluding hydrogens is 272 g/mol. The van der Waals surface area contributed by atoms with Gasteiger partial charge in [0.25, 0.3) is 0 Å². The first-order valence-corrected chi connectivity index (χ1v) is 7.27. The lowest BCUT2D eigenvalue weighted by atomic mass is 10.2. The molecule has 0 saturated heterocycles. The van der Waals surface area contributed by atoms with Crippen molar-refractivity contribution in [1.82, 2.24) is 15.0 Å². The normalized spacial score (nSPS) is 10.9. The number of fused-ring (bicyclic) bond motifs is 1. The van der Waals surface area contributed by atoms with E-state index in [0.717, 1.165) is 33.1 Å². The first kappa shape index (κ1) is 12.8. The first-order valence-electron chi connectivity index (χ1n) is 6.04. The maximum absolute atomic E-state index is 5.88. The Balaban J connectivity index is 2.17. The van der Waals surface area contributed by atoms with Gasteiger partial charge in [-0.15, -0.1) is 11.8 Å². The van der Waals surface area contributed by atoms with Gasteiger partial charge in [-0.25, -0.2) is 4.98 Å². The summed E-state index contributed by atoms with van der Waals surface area (Å²) in [6.45, 7) is 0. The molecule has 2 aromatic heterocycles. The van der Waals surface area contributed by atoms with Gasteiger partial charge in [0.15, 0.2) is 0 Å². The van der Waals surface area contributed by atoms with Crippen LogP contribution in [0.1, 0.15) is 0 Å². The molecule has 0 saturated carbocycles. The number of aromatic nitrogens is 3. The number of hydrogen-bond donors (Lipinski definition) is 2. The summed E-state index contributed by atoms with van der Waals surface area (Å²) in [6.07, 6.45) is 5.34. The highest BCUT2D eigenvalue weighted by atomic mass is 32.2. The van der Waals surface area contributed by atoms with Crippen LogP contribution in [0.4, 0.5) is 5.69 Å². The summed E-state index contributed by atoms with van der Waals surface area (Å²) in [4.78, 5) is 13.0. The highest BCUT2D eigenvalue weighted by molar-refractivity contribution is 7.98. The summed E-state index contributed by atoms with van der Waals surface area (Å²) in [7, 11) is 1.65. The van der Waals surface area contributed by atoms with E-state index in [1.807, 2.05) is 24.5 Å². The molecule has 0 spiro atoms. The Morgan fingerprint density at radius 3 is 2.85 bits per heavy atom. The third-order valence-electron chi connectivity index (χ3n) is 3.09. The number of rotatable bonds is 3. The van der Waals surface area contributed by atoms with Gasteiger partial charge in [0.2, 0.25) is 0 Å². The van der Waals surface area contributed by atoms with Gasteiger partial charge >= 0.3 is 0 Å². The quantitative estimate of drug-likeness (QED) is 0.724. The number of pyridine rings is 1. The largest absolute Gasteiger partial charge is 0.496 e. The van der Waals surface area contributed by atoms with Crippen LogP contribution in [0.3, 0.4) is 0 Å². The smallest absolute Gasteiger partial charge is 0.142 e. The van der Waals surface area contributed by atoms with Crippen LogP contribution in [0.2, 0.25) is 0 Å². The number of nitrogens with one attached hydrogen (secondary N) is 1. The van der Waals surface area contributed by atoms with Crippen LogP contribution in [0.15, 0.2) is 35.5 Å². The summed E-state index contributed by atoms with van der Waals surface area (Å²) in [6, 6.07) is 6.03. The van der Waals surface area contributed by atoms with Gasteiger partial charge in [0.05, 0.1) is 36.3 Å². The molecule has 0 atom stereocenters. The van der Waals surface area contributed by atoms with Gasteiger partial charge in [-0.3, -0.25) is 4.98 Å². The minimum atomic E-state index is 0.560. The molecule has 3 aromatic rings. The number of nitrogens with two attached hydrogens (primary N) is 1. The fourth-order valence-electron chi connectivity index (χ4n) is 2.08. The number of anilines is 1. The molecule has 0 aliphatic carbocycles. The third kappa shape index (κ3) is 2.08. The molecule has 5 nitrogen and oxygen atoms in total. The molecule has 3 N–H and O–H groups in total. The molecule has 0 aliphatic rings. The molecule has 0 fully saturated rings. The highest BCUT2D eigenvalue weighted by Gasteiger charge is 2.12. The number of thioether (sulfide) groups is 1. The van der Waals surface area contributed by atoms with Crippen molar-refractivity contribution in [2.45, 2.75) is 4.90 Å². The van der Waals surface area contributed by atoms with Crippen LogP contribution in [-0.2, 0) is 0 Å². The molecule has 0 radical (unpaired) electrons. The highest BCUT2D eigenvalue weighted by Crippen LogP contribution is 2.33. The Morgan fingerprint density at radius 1 is 1.30 bits per heavy atom. The van der Waals surface area contributed by atoms with E-state index < -0.39 is 0 Å². The van der Waals surface area contributed by atoms with E-state index in [1.165, 1.54) is 0 Å². The molecule has 0 aliphatic heterocycles. The van der Waals surface area contributed by atoms with Gasteiger partial charge in [-0.1, -0.05) is 0 Å². The summed E-state index contributed by atoms with van der Waals surface area (Å²) < 4.78 is 5.45.